The van der Waals surface area contributed by atoms with Crippen LogP contribution in [0.5, 0.6) is 0 Å². The van der Waals surface area contributed by atoms with E-state index < -0.39 is 36.3 Å². The Balaban J connectivity index is 1.98. The highest BCUT2D eigenvalue weighted by atomic mass is 16.6. The maximum Gasteiger partial charge on any atom is 0.410 e. The first-order chi connectivity index (χ1) is 12.7. The third-order valence-corrected chi connectivity index (χ3v) is 4.00. The predicted octanol–water partition coefficient (Wildman–Crippen LogP) is 2.72. The van der Waals surface area contributed by atoms with Crippen LogP contribution in [0.3, 0.4) is 0 Å². The van der Waals surface area contributed by atoms with E-state index in [-0.39, 0.29) is 13.2 Å². The number of rotatable bonds is 5. The van der Waals surface area contributed by atoms with E-state index in [0.29, 0.717) is 13.0 Å². The molecule has 1 atom stereocenters. The second-order valence-corrected chi connectivity index (χ2v) is 7.43. The van der Waals surface area contributed by atoms with Crippen molar-refractivity contribution in [1.82, 2.24) is 9.80 Å². The van der Waals surface area contributed by atoms with Gasteiger partial charge in [-0.25, -0.2) is 9.59 Å². The van der Waals surface area contributed by atoms with Crippen LogP contribution >= 0.6 is 0 Å². The third kappa shape index (κ3) is 6.47. The molecule has 1 aromatic carbocycles. The maximum absolute atomic E-state index is 12.5. The highest BCUT2D eigenvalue weighted by molar-refractivity contribution is 5.77. The monoisotopic (exact) mass is 378 g/mol. The van der Waals surface area contributed by atoms with Gasteiger partial charge in [0.25, 0.3) is 0 Å². The molecule has 0 radical (unpaired) electrons. The van der Waals surface area contributed by atoms with E-state index in [1.807, 2.05) is 30.3 Å². The fraction of sp³-hybridized carbons (Fsp3) is 0.526. The molecule has 1 aliphatic rings. The van der Waals surface area contributed by atoms with Gasteiger partial charge in [0.05, 0.1) is 6.04 Å². The molecule has 148 valence electrons. The zero-order valence-electron chi connectivity index (χ0n) is 15.9. The Labute approximate surface area is 158 Å². The van der Waals surface area contributed by atoms with E-state index in [2.05, 4.69) is 0 Å². The molecule has 0 bridgehead atoms. The van der Waals surface area contributed by atoms with Crippen LogP contribution in [-0.4, -0.2) is 64.3 Å². The maximum atomic E-state index is 12.5. The van der Waals surface area contributed by atoms with Gasteiger partial charge in [-0.3, -0.25) is 9.69 Å². The molecule has 1 heterocycles. The van der Waals surface area contributed by atoms with Crippen molar-refractivity contribution < 1.29 is 29.0 Å². The Bertz CT molecular complexity index is 671. The number of nitrogens with zero attached hydrogens (tertiary/aromatic N) is 2. The highest BCUT2D eigenvalue weighted by Crippen LogP contribution is 2.20. The fourth-order valence-electron chi connectivity index (χ4n) is 2.78. The average Bonchev–Trinajstić information content (AvgIpc) is 3.07. The van der Waals surface area contributed by atoms with Crippen LogP contribution in [-0.2, 0) is 20.9 Å². The quantitative estimate of drug-likeness (QED) is 0.846. The molecule has 1 N–H and O–H groups in total. The lowest BCUT2D eigenvalue weighted by molar-refractivity contribution is -0.138. The normalized spacial score (nSPS) is 16.7. The number of hydrogen-bond donors (Lipinski definition) is 1. The number of hydrogen-bond acceptors (Lipinski definition) is 5. The molecular weight excluding hydrogens is 352 g/mol. The molecule has 1 aliphatic heterocycles. The zero-order valence-corrected chi connectivity index (χ0v) is 15.9. The highest BCUT2D eigenvalue weighted by Gasteiger charge is 2.36. The summed E-state index contributed by atoms with van der Waals surface area (Å²) in [5, 5.41) is 9.15. The third-order valence-electron chi connectivity index (χ3n) is 4.00. The van der Waals surface area contributed by atoms with Gasteiger partial charge < -0.3 is 19.5 Å². The molecule has 2 amide bonds. The Kier molecular flexibility index (Phi) is 6.65. The Morgan fingerprint density at radius 1 is 1.22 bits per heavy atom. The van der Waals surface area contributed by atoms with Crippen LogP contribution in [0.2, 0.25) is 0 Å². The average molecular weight is 378 g/mol. The summed E-state index contributed by atoms with van der Waals surface area (Å²) in [4.78, 5) is 38.5. The zero-order chi connectivity index (χ0) is 20.0. The van der Waals surface area contributed by atoms with Crippen molar-refractivity contribution in [1.29, 1.82) is 0 Å². The lowest BCUT2D eigenvalue weighted by atomic mass is 10.2. The van der Waals surface area contributed by atoms with Gasteiger partial charge in [0, 0.05) is 13.1 Å². The molecule has 1 fully saturated rings. The molecule has 0 aliphatic carbocycles. The minimum Gasteiger partial charge on any atom is -0.480 e. The summed E-state index contributed by atoms with van der Waals surface area (Å²) in [7, 11) is 0. The number of carboxylic acid groups (broad SMARTS) is 1. The lowest BCUT2D eigenvalue weighted by Gasteiger charge is -2.28. The molecule has 8 heteroatoms. The van der Waals surface area contributed by atoms with Crippen LogP contribution in [0.15, 0.2) is 30.3 Å². The molecular formula is C19H26N2O6. The number of carboxylic acids is 1. The van der Waals surface area contributed by atoms with Gasteiger partial charge in [0.2, 0.25) is 0 Å². The van der Waals surface area contributed by atoms with Crippen LogP contribution in [0.25, 0.3) is 0 Å². The molecule has 1 saturated heterocycles. The van der Waals surface area contributed by atoms with Crippen molar-refractivity contribution in [2.75, 3.05) is 19.6 Å². The van der Waals surface area contributed by atoms with Gasteiger partial charge in [0.1, 0.15) is 18.8 Å². The fourth-order valence-corrected chi connectivity index (χ4v) is 2.78. The summed E-state index contributed by atoms with van der Waals surface area (Å²) in [5.74, 6) is -1.14. The summed E-state index contributed by atoms with van der Waals surface area (Å²) in [6.45, 7) is 5.49. The van der Waals surface area contributed by atoms with Gasteiger partial charge in [-0.15, -0.1) is 0 Å². The van der Waals surface area contributed by atoms with E-state index in [0.717, 1.165) is 10.5 Å². The number of aliphatic carboxylic acids is 1. The van der Waals surface area contributed by atoms with Crippen molar-refractivity contribution in [3.05, 3.63) is 35.9 Å². The van der Waals surface area contributed by atoms with E-state index in [1.54, 1.807) is 20.8 Å². The van der Waals surface area contributed by atoms with Gasteiger partial charge in [-0.2, -0.15) is 0 Å². The van der Waals surface area contributed by atoms with Gasteiger partial charge in [-0.05, 0) is 32.8 Å². The molecule has 0 spiro atoms. The lowest BCUT2D eigenvalue weighted by Crippen LogP contribution is -2.46. The second kappa shape index (κ2) is 8.75. The Morgan fingerprint density at radius 2 is 1.89 bits per heavy atom. The largest absolute Gasteiger partial charge is 0.480 e. The van der Waals surface area contributed by atoms with Gasteiger partial charge in [0.15, 0.2) is 0 Å². The molecule has 0 saturated carbocycles. The SMILES string of the molecule is CC(C)(C)OC(=O)N1CCC(N(CC(=O)O)C(=O)OCc2ccccc2)C1. The molecule has 0 aromatic heterocycles. The molecule has 1 unspecified atom stereocenters. The van der Waals surface area contributed by atoms with E-state index in [9.17, 15) is 14.4 Å². The molecule has 1 aromatic rings. The first kappa shape index (κ1) is 20.5. The Morgan fingerprint density at radius 3 is 2.48 bits per heavy atom. The Hall–Kier alpha value is -2.77. The van der Waals surface area contributed by atoms with E-state index in [4.69, 9.17) is 14.6 Å². The summed E-state index contributed by atoms with van der Waals surface area (Å²) in [5.41, 5.74) is 0.188. The van der Waals surface area contributed by atoms with Crippen LogP contribution in [0.1, 0.15) is 32.8 Å². The number of carbonyl (C=O) groups is 3. The predicted molar refractivity (Wildman–Crippen MR) is 97.2 cm³/mol. The number of carbonyl (C=O) groups excluding carboxylic acids is 2. The molecule has 8 nitrogen and oxygen atoms in total. The van der Waals surface area contributed by atoms with Crippen molar-refractivity contribution in [2.45, 2.75) is 45.4 Å². The minimum atomic E-state index is -1.14. The van der Waals surface area contributed by atoms with E-state index >= 15 is 0 Å². The van der Waals surface area contributed by atoms with Crippen LogP contribution < -0.4 is 0 Å². The standard InChI is InChI=1S/C19H26N2O6/c1-19(2,3)27-17(24)20-10-9-15(11-20)21(12-16(22)23)18(25)26-13-14-7-5-4-6-8-14/h4-8,15H,9-13H2,1-3H3,(H,22,23). The van der Waals surface area contributed by atoms with Crippen molar-refractivity contribution >= 4 is 18.2 Å². The summed E-state index contributed by atoms with van der Waals surface area (Å²) in [6.07, 6.45) is -0.720. The number of likely N-dealkylation sites (tertiary alicyclic amines) is 1. The van der Waals surface area contributed by atoms with Crippen molar-refractivity contribution in [3.63, 3.8) is 0 Å². The molecule has 27 heavy (non-hydrogen) atoms. The summed E-state index contributed by atoms with van der Waals surface area (Å²) < 4.78 is 10.6. The summed E-state index contributed by atoms with van der Waals surface area (Å²) >= 11 is 0. The van der Waals surface area contributed by atoms with E-state index in [1.165, 1.54) is 4.90 Å². The first-order valence-corrected chi connectivity index (χ1v) is 8.83. The first-order valence-electron chi connectivity index (χ1n) is 8.83. The smallest absolute Gasteiger partial charge is 0.410 e. The van der Waals surface area contributed by atoms with Crippen molar-refractivity contribution in [3.8, 4) is 0 Å². The second-order valence-electron chi connectivity index (χ2n) is 7.43. The molecule has 2 rings (SSSR count). The number of benzene rings is 1. The summed E-state index contributed by atoms with van der Waals surface area (Å²) in [6, 6.07) is 8.70. The minimum absolute atomic E-state index is 0.0539. The van der Waals surface area contributed by atoms with Crippen molar-refractivity contribution in [2.24, 2.45) is 0 Å². The number of amides is 2. The van der Waals surface area contributed by atoms with Gasteiger partial charge >= 0.3 is 18.2 Å². The number of ether oxygens (including phenoxy) is 2. The van der Waals surface area contributed by atoms with Crippen LogP contribution in [0.4, 0.5) is 9.59 Å². The van der Waals surface area contributed by atoms with Gasteiger partial charge in [-0.1, -0.05) is 30.3 Å². The van der Waals surface area contributed by atoms with Crippen LogP contribution in [0, 0.1) is 0 Å². The topological polar surface area (TPSA) is 96.4 Å².